The van der Waals surface area contributed by atoms with Gasteiger partial charge in [-0.15, -0.1) is 11.6 Å². The van der Waals surface area contributed by atoms with Crippen LogP contribution in [0.15, 0.2) is 12.4 Å². The van der Waals surface area contributed by atoms with Crippen LogP contribution in [0.5, 0.6) is 0 Å². The molecule has 1 unspecified atom stereocenters. The van der Waals surface area contributed by atoms with Crippen LogP contribution < -0.4 is 5.32 Å². The van der Waals surface area contributed by atoms with E-state index < -0.39 is 5.60 Å². The molecule has 1 saturated heterocycles. The molecule has 0 bridgehead atoms. The van der Waals surface area contributed by atoms with Gasteiger partial charge in [-0.1, -0.05) is 0 Å². The van der Waals surface area contributed by atoms with Crippen LogP contribution in [0.1, 0.15) is 18.4 Å². The molecule has 1 aromatic heterocycles. The Labute approximate surface area is 105 Å². The third-order valence-electron chi connectivity index (χ3n) is 3.03. The monoisotopic (exact) mass is 257 g/mol. The zero-order valence-corrected chi connectivity index (χ0v) is 10.5. The quantitative estimate of drug-likeness (QED) is 0.811. The number of halogens is 1. The maximum atomic E-state index is 11.2. The molecule has 0 radical (unpaired) electrons. The molecule has 17 heavy (non-hydrogen) atoms. The second-order valence-corrected chi connectivity index (χ2v) is 4.53. The first-order valence-electron chi connectivity index (χ1n) is 5.62. The highest BCUT2D eigenvalue weighted by atomic mass is 35.5. The van der Waals surface area contributed by atoms with Crippen LogP contribution >= 0.6 is 11.6 Å². The van der Waals surface area contributed by atoms with Gasteiger partial charge in [-0.05, 0) is 12.8 Å². The summed E-state index contributed by atoms with van der Waals surface area (Å²) < 4.78 is 7.56. The van der Waals surface area contributed by atoms with Crippen molar-refractivity contribution in [3.8, 4) is 0 Å². The van der Waals surface area contributed by atoms with Crippen LogP contribution in [0.25, 0.3) is 0 Å². The molecule has 2 rings (SSSR count). The fourth-order valence-corrected chi connectivity index (χ4v) is 2.21. The minimum absolute atomic E-state index is 0.0247. The summed E-state index contributed by atoms with van der Waals surface area (Å²) in [7, 11) is 1.86. The number of rotatable bonds is 4. The first-order valence-corrected chi connectivity index (χ1v) is 6.15. The van der Waals surface area contributed by atoms with Gasteiger partial charge in [-0.2, -0.15) is 5.10 Å². The highest BCUT2D eigenvalue weighted by Crippen LogP contribution is 2.35. The molecule has 1 aliphatic heterocycles. The van der Waals surface area contributed by atoms with Crippen molar-refractivity contribution in [2.24, 2.45) is 7.05 Å². The van der Waals surface area contributed by atoms with Gasteiger partial charge in [-0.3, -0.25) is 9.48 Å². The molecule has 0 saturated carbocycles. The summed E-state index contributed by atoms with van der Waals surface area (Å²) in [5, 5.41) is 6.94. The number of aromatic nitrogens is 2. The molecule has 94 valence electrons. The maximum absolute atomic E-state index is 11.2. The van der Waals surface area contributed by atoms with Crippen LogP contribution in [-0.2, 0) is 22.2 Å². The van der Waals surface area contributed by atoms with Crippen LogP contribution in [0.3, 0.4) is 0 Å². The molecular formula is C11H16ClN3O2. The highest BCUT2D eigenvalue weighted by molar-refractivity contribution is 6.27. The molecule has 5 nitrogen and oxygen atoms in total. The second kappa shape index (κ2) is 5.06. The second-order valence-electron chi connectivity index (χ2n) is 4.26. The van der Waals surface area contributed by atoms with Crippen molar-refractivity contribution in [2.75, 3.05) is 19.0 Å². The fraction of sp³-hybridized carbons (Fsp3) is 0.636. The molecule has 0 aromatic carbocycles. The summed E-state index contributed by atoms with van der Waals surface area (Å²) in [6, 6.07) is 0. The molecule has 2 heterocycles. The fourth-order valence-electron chi connectivity index (χ4n) is 2.11. The normalized spacial score (nSPS) is 23.9. The van der Waals surface area contributed by atoms with E-state index in [1.807, 2.05) is 13.2 Å². The Morgan fingerprint density at radius 3 is 3.12 bits per heavy atom. The third-order valence-corrected chi connectivity index (χ3v) is 3.27. The standard InChI is InChI=1S/C11H16ClN3O2/c1-15-7-9(6-14-15)11(3-2-4-17-11)8-13-10(16)5-12/h6-7H,2-5,8H2,1H3,(H,13,16). The van der Waals surface area contributed by atoms with E-state index in [1.165, 1.54) is 0 Å². The summed E-state index contributed by atoms with van der Waals surface area (Å²) in [6.45, 7) is 1.16. The Morgan fingerprint density at radius 2 is 2.59 bits per heavy atom. The topological polar surface area (TPSA) is 56.2 Å². The van der Waals surface area contributed by atoms with E-state index in [2.05, 4.69) is 10.4 Å². The third kappa shape index (κ3) is 2.61. The number of amides is 1. The van der Waals surface area contributed by atoms with Crippen LogP contribution in [0.4, 0.5) is 0 Å². The molecule has 6 heteroatoms. The number of nitrogens with zero attached hydrogens (tertiary/aromatic N) is 2. The zero-order chi connectivity index (χ0) is 12.3. The van der Waals surface area contributed by atoms with E-state index in [9.17, 15) is 4.79 Å². The van der Waals surface area contributed by atoms with Crippen molar-refractivity contribution in [1.29, 1.82) is 0 Å². The van der Waals surface area contributed by atoms with Crippen LogP contribution in [0.2, 0.25) is 0 Å². The lowest BCUT2D eigenvalue weighted by Gasteiger charge is -2.27. The lowest BCUT2D eigenvalue weighted by Crippen LogP contribution is -2.40. The molecule has 1 aromatic rings. The molecule has 1 fully saturated rings. The van der Waals surface area contributed by atoms with E-state index in [1.54, 1.807) is 10.9 Å². The van der Waals surface area contributed by atoms with E-state index in [0.29, 0.717) is 13.2 Å². The van der Waals surface area contributed by atoms with Gasteiger partial charge in [0.25, 0.3) is 0 Å². The number of carbonyl (C=O) groups is 1. The highest BCUT2D eigenvalue weighted by Gasteiger charge is 2.38. The summed E-state index contributed by atoms with van der Waals surface area (Å²) in [4.78, 5) is 11.2. The lowest BCUT2D eigenvalue weighted by molar-refractivity contribution is -0.120. The van der Waals surface area contributed by atoms with Gasteiger partial charge < -0.3 is 10.1 Å². The van der Waals surface area contributed by atoms with Gasteiger partial charge in [0.1, 0.15) is 11.5 Å². The average Bonchev–Trinajstić information content (AvgIpc) is 2.95. The summed E-state index contributed by atoms with van der Waals surface area (Å²) >= 11 is 5.46. The van der Waals surface area contributed by atoms with Gasteiger partial charge in [0.2, 0.25) is 5.91 Å². The Hall–Kier alpha value is -1.07. The molecule has 1 aliphatic rings. The number of aryl methyl sites for hydroxylation is 1. The number of alkyl halides is 1. The van der Waals surface area contributed by atoms with Crippen LogP contribution in [0, 0.1) is 0 Å². The molecule has 0 spiro atoms. The molecular weight excluding hydrogens is 242 g/mol. The predicted octanol–water partition coefficient (Wildman–Crippen LogP) is 0.781. The number of nitrogens with one attached hydrogen (secondary N) is 1. The average molecular weight is 258 g/mol. The number of hydrogen-bond acceptors (Lipinski definition) is 3. The SMILES string of the molecule is Cn1cc(C2(CNC(=O)CCl)CCCO2)cn1. The lowest BCUT2D eigenvalue weighted by atomic mass is 9.93. The van der Waals surface area contributed by atoms with E-state index in [-0.39, 0.29) is 11.8 Å². The molecule has 1 amide bonds. The predicted molar refractivity (Wildman–Crippen MR) is 63.8 cm³/mol. The van der Waals surface area contributed by atoms with Gasteiger partial charge >= 0.3 is 0 Å². The first kappa shape index (κ1) is 12.4. The Kier molecular flexibility index (Phi) is 3.69. The number of ether oxygens (including phenoxy) is 1. The van der Waals surface area contributed by atoms with E-state index in [4.69, 9.17) is 16.3 Å². The Bertz CT molecular complexity index is 399. The smallest absolute Gasteiger partial charge is 0.235 e. The summed E-state index contributed by atoms with van der Waals surface area (Å²) in [6.07, 6.45) is 5.60. The number of carbonyl (C=O) groups excluding carboxylic acids is 1. The number of hydrogen-bond donors (Lipinski definition) is 1. The van der Waals surface area contributed by atoms with Crippen molar-refractivity contribution in [2.45, 2.75) is 18.4 Å². The first-order chi connectivity index (χ1) is 8.16. The van der Waals surface area contributed by atoms with E-state index >= 15 is 0 Å². The zero-order valence-electron chi connectivity index (χ0n) is 9.78. The minimum atomic E-state index is -0.435. The van der Waals surface area contributed by atoms with Crippen molar-refractivity contribution in [1.82, 2.24) is 15.1 Å². The van der Waals surface area contributed by atoms with Gasteiger partial charge in [0, 0.05) is 25.4 Å². The molecule has 1 N–H and O–H groups in total. The van der Waals surface area contributed by atoms with Crippen molar-refractivity contribution >= 4 is 17.5 Å². The summed E-state index contributed by atoms with van der Waals surface area (Å²) in [5.41, 5.74) is 0.572. The van der Waals surface area contributed by atoms with Gasteiger partial charge in [0.15, 0.2) is 0 Å². The van der Waals surface area contributed by atoms with Crippen molar-refractivity contribution < 1.29 is 9.53 Å². The van der Waals surface area contributed by atoms with E-state index in [0.717, 1.165) is 18.4 Å². The largest absolute Gasteiger partial charge is 0.368 e. The van der Waals surface area contributed by atoms with Crippen LogP contribution in [-0.4, -0.2) is 34.7 Å². The van der Waals surface area contributed by atoms with Crippen molar-refractivity contribution in [3.63, 3.8) is 0 Å². The maximum Gasteiger partial charge on any atom is 0.235 e. The Morgan fingerprint density at radius 1 is 1.76 bits per heavy atom. The summed E-state index contributed by atoms with van der Waals surface area (Å²) in [5.74, 6) is -0.200. The van der Waals surface area contributed by atoms with Crippen molar-refractivity contribution in [3.05, 3.63) is 18.0 Å². The molecule has 0 aliphatic carbocycles. The molecule has 1 atom stereocenters. The van der Waals surface area contributed by atoms with Gasteiger partial charge in [0.05, 0.1) is 12.7 Å². The minimum Gasteiger partial charge on any atom is -0.368 e. The Balaban J connectivity index is 2.12. The van der Waals surface area contributed by atoms with Gasteiger partial charge in [-0.25, -0.2) is 0 Å².